The Kier molecular flexibility index (Phi) is 5.26. The lowest BCUT2D eigenvalue weighted by atomic mass is 9.96. The van der Waals surface area contributed by atoms with Crippen LogP contribution >= 0.6 is 11.8 Å². The molecule has 3 aromatic heterocycles. The number of benzene rings is 1. The quantitative estimate of drug-likeness (QED) is 0.353. The summed E-state index contributed by atoms with van der Waals surface area (Å²) >= 11 is 1.31. The molecule has 0 saturated heterocycles. The molecule has 4 aromatic rings. The number of aromatic nitrogens is 6. The minimum atomic E-state index is -0.433. The predicted octanol–water partition coefficient (Wildman–Crippen LogP) is 2.67. The first-order chi connectivity index (χ1) is 14.7. The number of nitrogens with zero attached hydrogens (tertiary/aromatic N) is 6. The summed E-state index contributed by atoms with van der Waals surface area (Å²) in [6.45, 7) is 5.94. The Balaban J connectivity index is 1.77. The molecular formula is C21H22N6O3S. The molecule has 9 nitrogen and oxygen atoms in total. The summed E-state index contributed by atoms with van der Waals surface area (Å²) in [7, 11) is 3.05. The Hall–Kier alpha value is -3.27. The highest BCUT2D eigenvalue weighted by atomic mass is 32.2. The Morgan fingerprint density at radius 2 is 1.71 bits per heavy atom. The number of fused-ring (bicyclic) bond motifs is 1. The zero-order valence-electron chi connectivity index (χ0n) is 17.9. The zero-order valence-corrected chi connectivity index (χ0v) is 18.7. The van der Waals surface area contributed by atoms with Crippen LogP contribution in [-0.4, -0.2) is 29.2 Å². The van der Waals surface area contributed by atoms with Gasteiger partial charge in [0, 0.05) is 25.1 Å². The summed E-state index contributed by atoms with van der Waals surface area (Å²) in [6, 6.07) is 9.49. The molecule has 0 amide bonds. The van der Waals surface area contributed by atoms with Gasteiger partial charge in [0.25, 0.3) is 11.4 Å². The molecule has 0 atom stereocenters. The van der Waals surface area contributed by atoms with Crippen LogP contribution in [0.15, 0.2) is 49.5 Å². The van der Waals surface area contributed by atoms with Crippen LogP contribution < -0.4 is 11.2 Å². The van der Waals surface area contributed by atoms with Gasteiger partial charge in [-0.05, 0) is 12.1 Å². The number of hydrogen-bond donors (Lipinski definition) is 0. The van der Waals surface area contributed by atoms with E-state index in [9.17, 15) is 9.59 Å². The van der Waals surface area contributed by atoms with Crippen molar-refractivity contribution < 1.29 is 4.52 Å². The van der Waals surface area contributed by atoms with Crippen LogP contribution in [0.5, 0.6) is 0 Å². The first-order valence-electron chi connectivity index (χ1n) is 9.66. The number of aryl methyl sites for hydroxylation is 1. The largest absolute Gasteiger partial charge is 0.334 e. The highest BCUT2D eigenvalue weighted by Crippen LogP contribution is 2.29. The fourth-order valence-corrected chi connectivity index (χ4v) is 3.87. The third-order valence-electron chi connectivity index (χ3n) is 4.76. The minimum Gasteiger partial charge on any atom is -0.334 e. The van der Waals surface area contributed by atoms with E-state index in [1.54, 1.807) is 7.05 Å². The molecule has 160 valence electrons. The number of thioether (sulfide) groups is 1. The van der Waals surface area contributed by atoms with E-state index >= 15 is 0 Å². The topological polar surface area (TPSA) is 109 Å². The van der Waals surface area contributed by atoms with Crippen molar-refractivity contribution >= 4 is 22.8 Å². The molecule has 0 saturated carbocycles. The minimum absolute atomic E-state index is 0.300. The second-order valence-electron chi connectivity index (χ2n) is 8.18. The van der Waals surface area contributed by atoms with Gasteiger partial charge in [0.15, 0.2) is 11.5 Å². The van der Waals surface area contributed by atoms with Gasteiger partial charge in [-0.3, -0.25) is 13.9 Å². The average Bonchev–Trinajstić information content (AvgIpc) is 3.23. The van der Waals surface area contributed by atoms with Gasteiger partial charge in [0.1, 0.15) is 16.2 Å². The van der Waals surface area contributed by atoms with Crippen LogP contribution in [0.3, 0.4) is 0 Å². The Labute approximate surface area is 182 Å². The third kappa shape index (κ3) is 3.90. The summed E-state index contributed by atoms with van der Waals surface area (Å²) in [5.74, 6) is 1.80. The van der Waals surface area contributed by atoms with Gasteiger partial charge in [0.05, 0.1) is 5.75 Å². The Morgan fingerprint density at radius 1 is 1.00 bits per heavy atom. The van der Waals surface area contributed by atoms with Crippen LogP contribution in [0, 0.1) is 0 Å². The van der Waals surface area contributed by atoms with Gasteiger partial charge in [-0.2, -0.15) is 4.98 Å². The zero-order chi connectivity index (χ0) is 22.3. The van der Waals surface area contributed by atoms with Gasteiger partial charge in [-0.1, -0.05) is 55.9 Å². The Morgan fingerprint density at radius 3 is 2.39 bits per heavy atom. The van der Waals surface area contributed by atoms with Gasteiger partial charge < -0.3 is 4.52 Å². The second-order valence-corrected chi connectivity index (χ2v) is 9.14. The highest BCUT2D eigenvalue weighted by Gasteiger charge is 2.24. The normalized spacial score (nSPS) is 11.9. The molecule has 0 bridgehead atoms. The maximum absolute atomic E-state index is 12.9. The molecule has 3 heterocycles. The van der Waals surface area contributed by atoms with E-state index in [4.69, 9.17) is 4.52 Å². The van der Waals surface area contributed by atoms with Crippen LogP contribution in [0.25, 0.3) is 22.5 Å². The summed E-state index contributed by atoms with van der Waals surface area (Å²) in [5, 5.41) is 4.83. The average molecular weight is 439 g/mol. The standard InChI is InChI=1S/C21H22N6O3S/c1-21(2,3)19-23-15-14(18(28)27(5)20(29)26(15)4)17(24-19)31-11-13-22-16(30-25-13)12-9-7-6-8-10-12/h6-10H,11H2,1-5H3. The lowest BCUT2D eigenvalue weighted by molar-refractivity contribution is 0.425. The van der Waals surface area contributed by atoms with E-state index in [0.29, 0.717) is 39.4 Å². The van der Waals surface area contributed by atoms with Crippen molar-refractivity contribution in [3.05, 3.63) is 62.8 Å². The predicted molar refractivity (Wildman–Crippen MR) is 118 cm³/mol. The molecule has 0 N–H and O–H groups in total. The maximum atomic E-state index is 12.9. The van der Waals surface area contributed by atoms with E-state index in [1.165, 1.54) is 23.4 Å². The molecule has 0 fully saturated rings. The van der Waals surface area contributed by atoms with Crippen LogP contribution in [0.4, 0.5) is 0 Å². The monoisotopic (exact) mass is 438 g/mol. The fraction of sp³-hybridized carbons (Fsp3) is 0.333. The van der Waals surface area contributed by atoms with Crippen molar-refractivity contribution in [2.45, 2.75) is 37.0 Å². The molecular weight excluding hydrogens is 416 g/mol. The van der Waals surface area contributed by atoms with Crippen molar-refractivity contribution in [2.75, 3.05) is 0 Å². The van der Waals surface area contributed by atoms with E-state index in [-0.39, 0.29) is 5.41 Å². The van der Waals surface area contributed by atoms with Crippen LogP contribution in [0.2, 0.25) is 0 Å². The van der Waals surface area contributed by atoms with Crippen molar-refractivity contribution in [1.82, 2.24) is 29.2 Å². The first kappa shape index (κ1) is 21.0. The molecule has 0 spiro atoms. The summed E-state index contributed by atoms with van der Waals surface area (Å²) in [4.78, 5) is 39.0. The van der Waals surface area contributed by atoms with Crippen molar-refractivity contribution in [3.8, 4) is 11.5 Å². The Bertz CT molecular complexity index is 1380. The van der Waals surface area contributed by atoms with Crippen LogP contribution in [0.1, 0.15) is 32.4 Å². The smallest absolute Gasteiger partial charge is 0.332 e. The molecule has 0 unspecified atom stereocenters. The van der Waals surface area contributed by atoms with Crippen LogP contribution in [-0.2, 0) is 25.3 Å². The molecule has 4 rings (SSSR count). The first-order valence-corrected chi connectivity index (χ1v) is 10.6. The second kappa shape index (κ2) is 7.77. The summed E-state index contributed by atoms with van der Waals surface area (Å²) in [5.41, 5.74) is -0.0872. The van der Waals surface area contributed by atoms with Gasteiger partial charge in [-0.15, -0.1) is 0 Å². The lowest BCUT2D eigenvalue weighted by Gasteiger charge is -2.19. The molecule has 1 aromatic carbocycles. The van der Waals surface area contributed by atoms with Gasteiger partial charge in [0.2, 0.25) is 0 Å². The highest BCUT2D eigenvalue weighted by molar-refractivity contribution is 7.98. The van der Waals surface area contributed by atoms with E-state index in [2.05, 4.69) is 20.1 Å². The number of rotatable bonds is 4. The van der Waals surface area contributed by atoms with Crippen molar-refractivity contribution in [1.29, 1.82) is 0 Å². The van der Waals surface area contributed by atoms with E-state index in [0.717, 1.165) is 10.1 Å². The lowest BCUT2D eigenvalue weighted by Crippen LogP contribution is -2.38. The summed E-state index contributed by atoms with van der Waals surface area (Å²) < 4.78 is 7.80. The summed E-state index contributed by atoms with van der Waals surface area (Å²) in [6.07, 6.45) is 0. The molecule has 10 heteroatoms. The van der Waals surface area contributed by atoms with Crippen molar-refractivity contribution in [3.63, 3.8) is 0 Å². The van der Waals surface area contributed by atoms with E-state index < -0.39 is 11.2 Å². The molecule has 0 aliphatic rings. The van der Waals surface area contributed by atoms with Gasteiger partial charge in [-0.25, -0.2) is 14.8 Å². The van der Waals surface area contributed by atoms with E-state index in [1.807, 2.05) is 51.1 Å². The third-order valence-corrected chi connectivity index (χ3v) is 5.74. The molecule has 0 aliphatic carbocycles. The number of hydrogen-bond acceptors (Lipinski definition) is 8. The van der Waals surface area contributed by atoms with Crippen molar-refractivity contribution in [2.24, 2.45) is 14.1 Å². The fourth-order valence-electron chi connectivity index (χ4n) is 3.01. The molecule has 0 aliphatic heterocycles. The van der Waals surface area contributed by atoms with Gasteiger partial charge >= 0.3 is 5.69 Å². The molecule has 31 heavy (non-hydrogen) atoms. The molecule has 0 radical (unpaired) electrons. The SMILES string of the molecule is Cn1c(=O)c2c(SCc3noc(-c4ccccc4)n3)nc(C(C)(C)C)nc2n(C)c1=O. The maximum Gasteiger partial charge on any atom is 0.332 e.